The summed E-state index contributed by atoms with van der Waals surface area (Å²) in [5.41, 5.74) is 12.3. The molecule has 0 saturated heterocycles. The minimum Gasteiger partial charge on any atom is -1.00 e. The Morgan fingerprint density at radius 2 is 1.54 bits per heavy atom. The maximum absolute atomic E-state index is 2.63. The van der Waals surface area contributed by atoms with Crippen molar-refractivity contribution < 1.29 is 45.7 Å². The van der Waals surface area contributed by atoms with Crippen LogP contribution < -0.4 is 38.5 Å². The van der Waals surface area contributed by atoms with Crippen molar-refractivity contribution in [2.45, 2.75) is 30.3 Å². The summed E-state index contributed by atoms with van der Waals surface area (Å²) < 4.78 is 2.57. The van der Waals surface area contributed by atoms with Crippen LogP contribution in [0.4, 0.5) is 0 Å². The second-order valence-corrected chi connectivity index (χ2v) is 24.8. The molecular weight excluding hydrogens is 563 g/mol. The summed E-state index contributed by atoms with van der Waals surface area (Å²) in [6.07, 6.45) is 5.11. The molecule has 1 aliphatic carbocycles. The first kappa shape index (κ1) is 25.0. The molecule has 0 nitrogen and oxygen atoms in total. The van der Waals surface area contributed by atoms with E-state index >= 15 is 0 Å². The molecule has 2 atom stereocenters. The molecule has 2 unspecified atom stereocenters. The van der Waals surface area contributed by atoms with Crippen molar-refractivity contribution in [2.24, 2.45) is 0 Å². The van der Waals surface area contributed by atoms with Gasteiger partial charge in [0.15, 0.2) is 0 Å². The van der Waals surface area contributed by atoms with Crippen molar-refractivity contribution in [3.05, 3.63) is 107 Å². The molecule has 3 aliphatic rings. The van der Waals surface area contributed by atoms with Crippen LogP contribution in [0.15, 0.2) is 90.5 Å². The van der Waals surface area contributed by atoms with E-state index in [1.807, 2.05) is 8.46 Å². The smallest absolute Gasteiger partial charge is 1.00 e. The Bertz CT molecular complexity index is 1460. The summed E-state index contributed by atoms with van der Waals surface area (Å²) in [6, 6.07) is 32.7. The maximum atomic E-state index is 2.63. The van der Waals surface area contributed by atoms with Crippen LogP contribution >= 0.6 is 0 Å². The molecule has 0 amide bonds. The van der Waals surface area contributed by atoms with Gasteiger partial charge in [0.05, 0.1) is 0 Å². The Hall–Kier alpha value is -1.70. The van der Waals surface area contributed by atoms with Crippen molar-refractivity contribution in [1.29, 1.82) is 0 Å². The molecule has 0 radical (unpaired) electrons. The Kier molecular flexibility index (Phi) is 6.88. The third-order valence-corrected chi connectivity index (χ3v) is 30.3. The Morgan fingerprint density at radius 3 is 2.34 bits per heavy atom. The number of rotatable bonds is 4. The minimum absolute atomic E-state index is 0. The van der Waals surface area contributed by atoms with E-state index < -0.39 is 26.8 Å². The van der Waals surface area contributed by atoms with Gasteiger partial charge in [-0.3, -0.25) is 0 Å². The van der Waals surface area contributed by atoms with Crippen LogP contribution in [0.2, 0.25) is 0 Å². The molecule has 0 N–H and O–H groups in total. The molecule has 0 spiro atoms. The number of hydrogen-bond donors (Lipinski definition) is 0. The van der Waals surface area contributed by atoms with E-state index in [9.17, 15) is 0 Å². The topological polar surface area (TPSA) is 0 Å². The van der Waals surface area contributed by atoms with Gasteiger partial charge in [0.2, 0.25) is 0 Å². The third-order valence-electron chi connectivity index (χ3n) is 7.99. The number of allylic oxidation sites excluding steroid dienone is 1. The van der Waals surface area contributed by atoms with Crippen LogP contribution in [0.25, 0.3) is 28.3 Å². The SMILES string of the molecule is CCCC1=Cc2c(ccc(C)c2-c2ccccc2)[CH]1[Zr+2]1[c]2cccc3c2[SiH]1c1ccccc1-3.[Cl-].[Cl-]. The predicted octanol–water partition coefficient (Wildman–Crippen LogP) is -0.316. The molecule has 4 aromatic carbocycles. The van der Waals surface area contributed by atoms with Gasteiger partial charge in [0.25, 0.3) is 0 Å². The van der Waals surface area contributed by atoms with Crippen LogP contribution in [-0.4, -0.2) is 5.92 Å². The van der Waals surface area contributed by atoms with Crippen LogP contribution in [0.1, 0.15) is 40.1 Å². The van der Waals surface area contributed by atoms with Crippen molar-refractivity contribution in [1.82, 2.24) is 0 Å². The first-order valence-corrected chi connectivity index (χ1v) is 20.9. The van der Waals surface area contributed by atoms with E-state index in [1.54, 1.807) is 27.5 Å². The zero-order valence-electron chi connectivity index (χ0n) is 20.0. The molecular formula is C31H27Cl2SiZr. The molecule has 2 heterocycles. The molecule has 35 heavy (non-hydrogen) atoms. The number of aryl methyl sites for hydroxylation is 1. The predicted molar refractivity (Wildman–Crippen MR) is 140 cm³/mol. The molecule has 2 aliphatic heterocycles. The third kappa shape index (κ3) is 3.56. The molecule has 4 heteroatoms. The molecule has 7 rings (SSSR count). The van der Waals surface area contributed by atoms with Crippen molar-refractivity contribution in [3.8, 4) is 22.3 Å². The standard InChI is InChI=1S/C19H19.C12H8Si.2ClH.Zr/c1-3-7-15-12-17-11-10-14(2)19(18(17)13-15)16-8-5-4-6-9-16;1-3-7-11-9(5-1)10-6-2-4-8-12(10)13-11;;;/h4-6,8-13H,3,7H2,1-2H3;1-7,13H;2*1H;/q;;;;+2/p-2. The van der Waals surface area contributed by atoms with Crippen LogP contribution in [0.3, 0.4) is 0 Å². The van der Waals surface area contributed by atoms with Gasteiger partial charge in [0, 0.05) is 0 Å². The van der Waals surface area contributed by atoms with E-state index in [4.69, 9.17) is 0 Å². The van der Waals surface area contributed by atoms with Gasteiger partial charge in [-0.05, 0) is 0 Å². The quantitative estimate of drug-likeness (QED) is 0.287. The van der Waals surface area contributed by atoms with Gasteiger partial charge in [0.1, 0.15) is 0 Å². The fourth-order valence-corrected chi connectivity index (χ4v) is 32.9. The van der Waals surface area contributed by atoms with E-state index in [2.05, 4.69) is 105 Å². The Morgan fingerprint density at radius 1 is 0.800 bits per heavy atom. The van der Waals surface area contributed by atoms with E-state index in [-0.39, 0.29) is 24.8 Å². The average molecular weight is 590 g/mol. The van der Waals surface area contributed by atoms with E-state index in [1.165, 1.54) is 35.1 Å². The normalized spacial score (nSPS) is 17.9. The summed E-state index contributed by atoms with van der Waals surface area (Å²) in [5, 5.41) is 3.59. The fourth-order valence-electron chi connectivity index (χ4n) is 6.72. The average Bonchev–Trinajstić information content (AvgIpc) is 3.34. The number of fused-ring (bicyclic) bond motifs is 4. The second kappa shape index (κ2) is 9.64. The first-order valence-electron chi connectivity index (χ1n) is 12.3. The molecule has 0 aromatic heterocycles. The number of hydrogen-bond acceptors (Lipinski definition) is 0. The number of benzene rings is 4. The summed E-state index contributed by atoms with van der Waals surface area (Å²) >= 11 is -1.89. The second-order valence-electron chi connectivity index (χ2n) is 9.77. The molecule has 173 valence electrons. The summed E-state index contributed by atoms with van der Waals surface area (Å²) in [6.45, 7) is 4.64. The summed E-state index contributed by atoms with van der Waals surface area (Å²) in [7, 11) is 0. The van der Waals surface area contributed by atoms with Crippen LogP contribution in [0.5, 0.6) is 0 Å². The molecule has 0 saturated carbocycles. The van der Waals surface area contributed by atoms with Gasteiger partial charge < -0.3 is 24.8 Å². The first-order chi connectivity index (χ1) is 16.3. The van der Waals surface area contributed by atoms with Crippen LogP contribution in [-0.2, 0) is 20.9 Å². The summed E-state index contributed by atoms with van der Waals surface area (Å²) in [5.74, 6) is -1.02. The van der Waals surface area contributed by atoms with Crippen molar-refractivity contribution in [2.75, 3.05) is 0 Å². The molecule has 4 aromatic rings. The zero-order valence-corrected chi connectivity index (χ0v) is 25.1. The van der Waals surface area contributed by atoms with E-state index in [0.717, 1.165) is 3.63 Å². The summed E-state index contributed by atoms with van der Waals surface area (Å²) in [4.78, 5) is 0. The Labute approximate surface area is 229 Å². The number of halogens is 2. The Balaban J connectivity index is 0.00000127. The fraction of sp³-hybridized carbons (Fsp3) is 0.161. The van der Waals surface area contributed by atoms with Gasteiger partial charge in [-0.25, -0.2) is 0 Å². The zero-order chi connectivity index (χ0) is 22.1. The van der Waals surface area contributed by atoms with Crippen LogP contribution in [0, 0.1) is 6.92 Å². The van der Waals surface area contributed by atoms with Gasteiger partial charge in [-0.2, -0.15) is 0 Å². The van der Waals surface area contributed by atoms with Crippen molar-refractivity contribution >= 4 is 25.6 Å². The minimum atomic E-state index is -1.89. The monoisotopic (exact) mass is 587 g/mol. The largest absolute Gasteiger partial charge is 1.00 e. The van der Waals surface area contributed by atoms with Crippen molar-refractivity contribution in [3.63, 3.8) is 0 Å². The van der Waals surface area contributed by atoms with E-state index in [0.29, 0.717) is 0 Å². The van der Waals surface area contributed by atoms with Gasteiger partial charge in [-0.1, -0.05) is 0 Å². The maximum Gasteiger partial charge on any atom is -1.00 e. The molecule has 0 bridgehead atoms. The molecule has 0 fully saturated rings. The van der Waals surface area contributed by atoms with Gasteiger partial charge >= 0.3 is 206 Å². The van der Waals surface area contributed by atoms with Gasteiger partial charge in [-0.15, -0.1) is 0 Å².